The number of benzene rings is 1. The summed E-state index contributed by atoms with van der Waals surface area (Å²) in [5.41, 5.74) is 6.92. The van der Waals surface area contributed by atoms with Crippen molar-refractivity contribution < 1.29 is 9.53 Å². The molecule has 0 bridgehead atoms. The summed E-state index contributed by atoms with van der Waals surface area (Å²) in [6.45, 7) is 4.99. The van der Waals surface area contributed by atoms with Crippen LogP contribution < -0.4 is 11.1 Å². The minimum Gasteiger partial charge on any atom is -0.398 e. The molecule has 0 aromatic heterocycles. The third kappa shape index (κ3) is 3.77. The highest BCUT2D eigenvalue weighted by atomic mass is 79.9. The second-order valence-electron chi connectivity index (χ2n) is 5.64. The molecule has 0 saturated carbocycles. The molecule has 1 amide bonds. The monoisotopic (exact) mass is 354 g/mol. The molecule has 5 heteroatoms. The molecule has 1 aliphatic rings. The first kappa shape index (κ1) is 16.3. The van der Waals surface area contributed by atoms with Gasteiger partial charge in [0.05, 0.1) is 5.60 Å². The Labute approximate surface area is 134 Å². The van der Waals surface area contributed by atoms with Crippen LogP contribution in [0.5, 0.6) is 0 Å². The summed E-state index contributed by atoms with van der Waals surface area (Å²) in [5, 5.41) is 3.12. The van der Waals surface area contributed by atoms with Crippen molar-refractivity contribution in [1.29, 1.82) is 0 Å². The minimum atomic E-state index is -0.0854. The van der Waals surface area contributed by atoms with Gasteiger partial charge in [0.1, 0.15) is 0 Å². The molecule has 1 atom stereocenters. The molecule has 116 valence electrons. The smallest absolute Gasteiger partial charge is 0.251 e. The van der Waals surface area contributed by atoms with E-state index in [9.17, 15) is 4.79 Å². The molecular formula is C16H23BrN2O2. The summed E-state index contributed by atoms with van der Waals surface area (Å²) >= 11 is 3.36. The Morgan fingerprint density at radius 2 is 2.19 bits per heavy atom. The molecule has 0 aliphatic carbocycles. The number of nitrogens with two attached hydrogens (primary N) is 1. The van der Waals surface area contributed by atoms with Gasteiger partial charge in [-0.05, 0) is 59.8 Å². The lowest BCUT2D eigenvalue weighted by Crippen LogP contribution is -2.48. The molecule has 1 aromatic carbocycles. The number of ether oxygens (including phenoxy) is 1. The lowest BCUT2D eigenvalue weighted by molar-refractivity contribution is -0.0917. The summed E-state index contributed by atoms with van der Waals surface area (Å²) in [4.78, 5) is 12.4. The average molecular weight is 355 g/mol. The van der Waals surface area contributed by atoms with E-state index in [1.165, 1.54) is 0 Å². The number of rotatable bonds is 4. The number of hydrogen-bond donors (Lipinski definition) is 2. The quantitative estimate of drug-likeness (QED) is 0.813. The Hall–Kier alpha value is -1.07. The first-order valence-corrected chi connectivity index (χ1v) is 8.29. The molecule has 1 saturated heterocycles. The minimum absolute atomic E-state index is 0.0521. The van der Waals surface area contributed by atoms with E-state index in [2.05, 4.69) is 35.1 Å². The molecular weight excluding hydrogens is 332 g/mol. The van der Waals surface area contributed by atoms with Crippen molar-refractivity contribution in [2.24, 2.45) is 0 Å². The third-order valence-electron chi connectivity index (χ3n) is 4.38. The maximum absolute atomic E-state index is 12.4. The molecule has 0 radical (unpaired) electrons. The van der Waals surface area contributed by atoms with Crippen molar-refractivity contribution >= 4 is 27.5 Å². The second kappa shape index (κ2) is 6.79. The third-order valence-corrected chi connectivity index (χ3v) is 5.07. The lowest BCUT2D eigenvalue weighted by atomic mass is 9.86. The highest BCUT2D eigenvalue weighted by molar-refractivity contribution is 9.10. The number of halogens is 1. The van der Waals surface area contributed by atoms with Crippen LogP contribution in [0.2, 0.25) is 0 Å². The zero-order valence-corrected chi connectivity index (χ0v) is 14.2. The van der Waals surface area contributed by atoms with Crippen molar-refractivity contribution in [2.75, 3.05) is 12.3 Å². The van der Waals surface area contributed by atoms with Gasteiger partial charge in [0.2, 0.25) is 0 Å². The van der Waals surface area contributed by atoms with Gasteiger partial charge in [-0.2, -0.15) is 0 Å². The second-order valence-corrected chi connectivity index (χ2v) is 6.49. The Morgan fingerprint density at radius 3 is 2.81 bits per heavy atom. The molecule has 21 heavy (non-hydrogen) atoms. The Kier molecular flexibility index (Phi) is 5.27. The lowest BCUT2D eigenvalue weighted by Gasteiger charge is -2.40. The van der Waals surface area contributed by atoms with Crippen LogP contribution in [-0.2, 0) is 4.74 Å². The van der Waals surface area contributed by atoms with Crippen LogP contribution >= 0.6 is 15.9 Å². The van der Waals surface area contributed by atoms with Gasteiger partial charge in [-0.15, -0.1) is 0 Å². The van der Waals surface area contributed by atoms with E-state index in [0.29, 0.717) is 17.9 Å². The van der Waals surface area contributed by atoms with Crippen molar-refractivity contribution in [3.8, 4) is 0 Å². The van der Waals surface area contributed by atoms with E-state index >= 15 is 0 Å². The maximum Gasteiger partial charge on any atom is 0.251 e. The summed E-state index contributed by atoms with van der Waals surface area (Å²) in [6.07, 6.45) is 3.69. The van der Waals surface area contributed by atoms with Gasteiger partial charge in [0, 0.05) is 28.4 Å². The predicted octanol–water partition coefficient (Wildman–Crippen LogP) is 3.50. The molecule has 0 spiro atoms. The largest absolute Gasteiger partial charge is 0.398 e. The molecule has 1 aliphatic heterocycles. The van der Waals surface area contributed by atoms with Crippen molar-refractivity contribution in [1.82, 2.24) is 5.32 Å². The van der Waals surface area contributed by atoms with Crippen molar-refractivity contribution in [3.05, 3.63) is 28.2 Å². The number of nitrogens with one attached hydrogen (secondary N) is 1. The van der Waals surface area contributed by atoms with Crippen molar-refractivity contribution in [2.45, 2.75) is 51.2 Å². The first-order chi connectivity index (χ1) is 9.99. The van der Waals surface area contributed by atoms with E-state index in [0.717, 1.165) is 30.2 Å². The topological polar surface area (TPSA) is 64.4 Å². The normalized spacial score (nSPS) is 21.0. The standard InChI is InChI=1S/C16H23BrN2O2/c1-3-16(4-2)10-12(7-8-21-16)19-15(20)11-5-6-14(18)13(17)9-11/h5-6,9,12H,3-4,7-8,10,18H2,1-2H3,(H,19,20). The fourth-order valence-electron chi connectivity index (χ4n) is 2.83. The first-order valence-electron chi connectivity index (χ1n) is 7.49. The molecule has 2 rings (SSSR count). The molecule has 3 N–H and O–H groups in total. The van der Waals surface area contributed by atoms with E-state index < -0.39 is 0 Å². The van der Waals surface area contributed by atoms with Gasteiger partial charge >= 0.3 is 0 Å². The van der Waals surface area contributed by atoms with Crippen LogP contribution in [0.1, 0.15) is 49.9 Å². The number of anilines is 1. The highest BCUT2D eigenvalue weighted by Crippen LogP contribution is 2.31. The van der Waals surface area contributed by atoms with Gasteiger partial charge in [0.15, 0.2) is 0 Å². The van der Waals surface area contributed by atoms with E-state index in [4.69, 9.17) is 10.5 Å². The summed E-state index contributed by atoms with van der Waals surface area (Å²) in [5.74, 6) is -0.0521. The molecule has 1 fully saturated rings. The van der Waals surface area contributed by atoms with Crippen LogP contribution in [-0.4, -0.2) is 24.2 Å². The maximum atomic E-state index is 12.4. The van der Waals surface area contributed by atoms with Crippen molar-refractivity contribution in [3.63, 3.8) is 0 Å². The summed E-state index contributed by atoms with van der Waals surface area (Å²) in [6, 6.07) is 5.42. The number of amides is 1. The molecule has 1 heterocycles. The SMILES string of the molecule is CCC1(CC)CC(NC(=O)c2ccc(N)c(Br)c2)CCO1. The van der Waals surface area contributed by atoms with Crippen LogP contribution in [0.4, 0.5) is 5.69 Å². The number of hydrogen-bond acceptors (Lipinski definition) is 3. The highest BCUT2D eigenvalue weighted by Gasteiger charge is 2.35. The van der Waals surface area contributed by atoms with Gasteiger partial charge in [-0.1, -0.05) is 13.8 Å². The van der Waals surface area contributed by atoms with Crippen LogP contribution in [0.15, 0.2) is 22.7 Å². The van der Waals surface area contributed by atoms with Crippen LogP contribution in [0.25, 0.3) is 0 Å². The number of carbonyl (C=O) groups is 1. The predicted molar refractivity (Wildman–Crippen MR) is 88.3 cm³/mol. The van der Waals surface area contributed by atoms with E-state index in [1.807, 2.05) is 0 Å². The zero-order valence-electron chi connectivity index (χ0n) is 12.6. The summed E-state index contributed by atoms with van der Waals surface area (Å²) < 4.78 is 6.69. The Balaban J connectivity index is 2.03. The zero-order chi connectivity index (χ0) is 15.5. The van der Waals surface area contributed by atoms with Gasteiger partial charge < -0.3 is 15.8 Å². The van der Waals surface area contributed by atoms with Gasteiger partial charge in [-0.3, -0.25) is 4.79 Å². The fraction of sp³-hybridized carbons (Fsp3) is 0.562. The van der Waals surface area contributed by atoms with E-state index in [-0.39, 0.29) is 17.6 Å². The van der Waals surface area contributed by atoms with E-state index in [1.54, 1.807) is 18.2 Å². The fourth-order valence-corrected chi connectivity index (χ4v) is 3.21. The van der Waals surface area contributed by atoms with Gasteiger partial charge in [-0.25, -0.2) is 0 Å². The molecule has 1 aromatic rings. The summed E-state index contributed by atoms with van der Waals surface area (Å²) in [7, 11) is 0. The van der Waals surface area contributed by atoms with Crippen LogP contribution in [0, 0.1) is 0 Å². The average Bonchev–Trinajstić information content (AvgIpc) is 2.50. The van der Waals surface area contributed by atoms with Crippen LogP contribution in [0.3, 0.4) is 0 Å². The molecule has 4 nitrogen and oxygen atoms in total. The molecule has 1 unspecified atom stereocenters. The number of nitrogen functional groups attached to an aromatic ring is 1. The Bertz CT molecular complexity index is 515. The van der Waals surface area contributed by atoms with Gasteiger partial charge in [0.25, 0.3) is 5.91 Å². The number of carbonyl (C=O) groups excluding carboxylic acids is 1. The Morgan fingerprint density at radius 1 is 1.48 bits per heavy atom.